The molecule has 1 N–H and O–H groups in total. The highest BCUT2D eigenvalue weighted by Crippen LogP contribution is 2.22. The van der Waals surface area contributed by atoms with Crippen LogP contribution in [0.3, 0.4) is 0 Å². The highest BCUT2D eigenvalue weighted by Gasteiger charge is 2.20. The Kier molecular flexibility index (Phi) is 9.09. The number of amides is 1. The summed E-state index contributed by atoms with van der Waals surface area (Å²) in [6, 6.07) is 22.9. The minimum absolute atomic E-state index is 0.0175. The molecule has 0 saturated carbocycles. The number of carbonyl (C=O) groups excluding carboxylic acids is 2. The molecular weight excluding hydrogens is 611 g/mol. The predicted molar refractivity (Wildman–Crippen MR) is 154 cm³/mol. The molecule has 1 amide bonds. The number of hydrogen-bond donors (Lipinski definition) is 1. The van der Waals surface area contributed by atoms with Gasteiger partial charge in [-0.05, 0) is 66.6 Å². The van der Waals surface area contributed by atoms with Crippen molar-refractivity contribution in [2.24, 2.45) is 0 Å². The molecule has 4 rings (SSSR count). The molecule has 1 aromatic heterocycles. The van der Waals surface area contributed by atoms with Crippen molar-refractivity contribution >= 4 is 50.6 Å². The van der Waals surface area contributed by atoms with Crippen LogP contribution in [0.1, 0.15) is 32.9 Å². The van der Waals surface area contributed by atoms with Gasteiger partial charge in [0.15, 0.2) is 0 Å². The lowest BCUT2D eigenvalue weighted by atomic mass is 10.1. The van der Waals surface area contributed by atoms with Gasteiger partial charge in [0.2, 0.25) is 9.68 Å². The van der Waals surface area contributed by atoms with E-state index in [9.17, 15) is 19.5 Å². The first-order chi connectivity index (χ1) is 18.8. The summed E-state index contributed by atoms with van der Waals surface area (Å²) in [5.41, 5.74) is 6.62. The van der Waals surface area contributed by atoms with Crippen LogP contribution < -0.4 is 4.74 Å². The molecule has 8 nitrogen and oxygen atoms in total. The first-order valence-electron chi connectivity index (χ1n) is 11.8. The Morgan fingerprint density at radius 2 is 1.77 bits per heavy atom. The van der Waals surface area contributed by atoms with E-state index in [-0.39, 0.29) is 16.1 Å². The number of halogens is 1. The normalized spacial score (nSPS) is 10.3. The number of aromatic nitrogens is 1. The third-order valence-electron chi connectivity index (χ3n) is 5.52. The fourth-order valence-corrected chi connectivity index (χ4v) is 3.99. The van der Waals surface area contributed by atoms with Crippen molar-refractivity contribution in [3.63, 3.8) is 0 Å². The molecule has 0 radical (unpaired) electrons. The second-order valence-corrected chi connectivity index (χ2v) is 9.42. The number of carbonyl (C=O) groups is 3. The summed E-state index contributed by atoms with van der Waals surface area (Å²) in [6.45, 7) is 1.31. The van der Waals surface area contributed by atoms with Gasteiger partial charge in [-0.25, -0.2) is 9.78 Å². The fourth-order valence-electron chi connectivity index (χ4n) is 3.63. The number of aliphatic carboxylic acids is 1. The molecule has 0 aliphatic rings. The average Bonchev–Trinajstić information content (AvgIpc) is 3.29. The quantitative estimate of drug-likeness (QED) is 0.125. The van der Waals surface area contributed by atoms with Crippen molar-refractivity contribution in [2.75, 3.05) is 6.54 Å². The van der Waals surface area contributed by atoms with Crippen LogP contribution in [0.2, 0.25) is 0 Å². The predicted octanol–water partition coefficient (Wildman–Crippen LogP) is 6.64. The largest absolute Gasteiger partial charge is 0.480 e. The summed E-state index contributed by atoms with van der Waals surface area (Å²) in [7, 11) is 0. The number of benzene rings is 3. The maximum atomic E-state index is 12.8. The van der Waals surface area contributed by atoms with E-state index in [0.29, 0.717) is 28.5 Å². The maximum Gasteiger partial charge on any atom is 0.416 e. The lowest BCUT2D eigenvalue weighted by Crippen LogP contribution is -2.37. The number of oxazole rings is 1. The van der Waals surface area contributed by atoms with Gasteiger partial charge >= 0.3 is 12.1 Å². The average molecular weight is 634 g/mol. The highest BCUT2D eigenvalue weighted by molar-refractivity contribution is 14.1. The van der Waals surface area contributed by atoms with Gasteiger partial charge in [-0.1, -0.05) is 36.4 Å². The summed E-state index contributed by atoms with van der Waals surface area (Å²) in [4.78, 5) is 41.2. The second-order valence-electron chi connectivity index (χ2n) is 8.44. The fraction of sp³-hybridized carbons (Fsp3) is 0.100. The van der Waals surface area contributed by atoms with Gasteiger partial charge in [0.1, 0.15) is 23.7 Å². The van der Waals surface area contributed by atoms with Crippen LogP contribution in [-0.2, 0) is 11.3 Å². The summed E-state index contributed by atoms with van der Waals surface area (Å²) in [6.07, 6.45) is 2.67. The van der Waals surface area contributed by atoms with E-state index >= 15 is 0 Å². The Hall–Kier alpha value is -4.47. The van der Waals surface area contributed by atoms with Crippen LogP contribution in [0.15, 0.2) is 89.0 Å². The summed E-state index contributed by atoms with van der Waals surface area (Å²) in [5.74, 6) is 0.233. The zero-order chi connectivity index (χ0) is 27.8. The molecule has 0 aliphatic carbocycles. The SMILES string of the molecule is Cc1oc(-c2ccccc2)nc1C=C=Cc1cccc(CN(CC(=O)O)C(=O)Oc2ccc(C(=O)I)cc2)c1. The van der Waals surface area contributed by atoms with E-state index in [4.69, 9.17) is 9.15 Å². The van der Waals surface area contributed by atoms with Crippen LogP contribution in [0, 0.1) is 6.92 Å². The molecule has 0 bridgehead atoms. The Labute approximate surface area is 238 Å². The topological polar surface area (TPSA) is 110 Å². The number of ether oxygens (including phenoxy) is 1. The van der Waals surface area contributed by atoms with Crippen LogP contribution in [-0.4, -0.2) is 37.4 Å². The van der Waals surface area contributed by atoms with Crippen molar-refractivity contribution in [1.82, 2.24) is 9.88 Å². The number of carboxylic acid groups (broad SMARTS) is 1. The third kappa shape index (κ3) is 7.76. The molecule has 1 heterocycles. The first-order valence-corrected chi connectivity index (χ1v) is 12.9. The zero-order valence-electron chi connectivity index (χ0n) is 20.8. The lowest BCUT2D eigenvalue weighted by molar-refractivity contribution is -0.138. The Bertz CT molecular complexity index is 1550. The van der Waals surface area contributed by atoms with Gasteiger partial charge in [0, 0.05) is 46.3 Å². The molecule has 0 aliphatic heterocycles. The molecular formula is C30H23IN2O6. The number of nitrogens with zero attached hydrogens (tertiary/aromatic N) is 2. The second kappa shape index (κ2) is 12.9. The first kappa shape index (κ1) is 27.6. The number of rotatable bonds is 9. The van der Waals surface area contributed by atoms with Crippen molar-refractivity contribution in [3.05, 3.63) is 113 Å². The van der Waals surface area contributed by atoms with Crippen molar-refractivity contribution < 1.29 is 28.6 Å². The number of hydrogen-bond acceptors (Lipinski definition) is 6. The highest BCUT2D eigenvalue weighted by atomic mass is 127. The van der Waals surface area contributed by atoms with Crippen LogP contribution >= 0.6 is 22.6 Å². The molecule has 0 saturated heterocycles. The molecule has 0 unspecified atom stereocenters. The van der Waals surface area contributed by atoms with Gasteiger partial charge in [-0.2, -0.15) is 0 Å². The molecule has 4 aromatic rings. The smallest absolute Gasteiger partial charge is 0.416 e. The molecule has 0 atom stereocenters. The van der Waals surface area contributed by atoms with Gasteiger partial charge in [0.05, 0.1) is 0 Å². The molecule has 9 heteroatoms. The molecule has 0 spiro atoms. The van der Waals surface area contributed by atoms with E-state index in [1.54, 1.807) is 40.8 Å². The van der Waals surface area contributed by atoms with Crippen molar-refractivity contribution in [3.8, 4) is 17.2 Å². The van der Waals surface area contributed by atoms with E-state index in [1.807, 2.05) is 55.5 Å². The monoisotopic (exact) mass is 634 g/mol. The Morgan fingerprint density at radius 1 is 1.03 bits per heavy atom. The summed E-state index contributed by atoms with van der Waals surface area (Å²) < 4.78 is 11.0. The van der Waals surface area contributed by atoms with Gasteiger partial charge in [-0.15, -0.1) is 5.73 Å². The summed E-state index contributed by atoms with van der Waals surface area (Å²) >= 11 is 1.66. The molecule has 39 heavy (non-hydrogen) atoms. The minimum Gasteiger partial charge on any atom is -0.480 e. The van der Waals surface area contributed by atoms with Crippen LogP contribution in [0.4, 0.5) is 4.79 Å². The van der Waals surface area contributed by atoms with Crippen LogP contribution in [0.25, 0.3) is 23.6 Å². The molecule has 196 valence electrons. The van der Waals surface area contributed by atoms with E-state index in [1.165, 1.54) is 24.3 Å². The summed E-state index contributed by atoms with van der Waals surface area (Å²) in [5, 5.41) is 9.33. The standard InChI is InChI=1S/C30H23IN2O6/c1-20-26(32-29(38-20)24-10-3-2-4-11-24)12-6-8-21-7-5-9-22(17-21)18-33(19-27(34)35)30(37)39-25-15-13-23(14-16-25)28(31)36/h2-5,7-17H,18-19H2,1H3,(H,34,35). The Morgan fingerprint density at radius 3 is 2.46 bits per heavy atom. The third-order valence-corrected chi connectivity index (χ3v) is 6.14. The zero-order valence-corrected chi connectivity index (χ0v) is 23.0. The van der Waals surface area contributed by atoms with Crippen LogP contribution in [0.5, 0.6) is 5.75 Å². The molecule has 3 aromatic carbocycles. The van der Waals surface area contributed by atoms with Gasteiger partial charge in [0.25, 0.3) is 0 Å². The molecule has 0 fully saturated rings. The maximum absolute atomic E-state index is 12.8. The minimum atomic E-state index is -1.17. The number of aryl methyl sites for hydroxylation is 1. The van der Waals surface area contributed by atoms with E-state index in [2.05, 4.69) is 10.7 Å². The van der Waals surface area contributed by atoms with E-state index in [0.717, 1.165) is 16.0 Å². The van der Waals surface area contributed by atoms with Gasteiger partial charge < -0.3 is 14.3 Å². The van der Waals surface area contributed by atoms with Gasteiger partial charge in [-0.3, -0.25) is 14.5 Å². The number of carboxylic acids is 1. The van der Waals surface area contributed by atoms with Crippen molar-refractivity contribution in [1.29, 1.82) is 0 Å². The van der Waals surface area contributed by atoms with E-state index < -0.39 is 18.6 Å². The lowest BCUT2D eigenvalue weighted by Gasteiger charge is -2.20. The Balaban J connectivity index is 1.47. The van der Waals surface area contributed by atoms with Crippen molar-refractivity contribution in [2.45, 2.75) is 13.5 Å².